The number of ether oxygens (including phenoxy) is 1. The van der Waals surface area contributed by atoms with E-state index < -0.39 is 0 Å². The molecule has 0 saturated carbocycles. The van der Waals surface area contributed by atoms with E-state index in [1.165, 1.54) is 0 Å². The van der Waals surface area contributed by atoms with Crippen LogP contribution in [0, 0.1) is 0 Å². The molecule has 2 rings (SSSR count). The molecule has 0 bridgehead atoms. The van der Waals surface area contributed by atoms with Crippen molar-refractivity contribution in [2.24, 2.45) is 0 Å². The molecule has 0 unspecified atom stereocenters. The number of rotatable bonds is 2. The van der Waals surface area contributed by atoms with Crippen LogP contribution in [0.3, 0.4) is 0 Å². The monoisotopic (exact) mass is 189 g/mol. The summed E-state index contributed by atoms with van der Waals surface area (Å²) >= 11 is 0. The highest BCUT2D eigenvalue weighted by Gasteiger charge is 2.02. The number of pyridine rings is 1. The van der Waals surface area contributed by atoms with E-state index in [4.69, 9.17) is 9.84 Å². The van der Waals surface area contributed by atoms with Gasteiger partial charge in [0.05, 0.1) is 19.4 Å². The van der Waals surface area contributed by atoms with E-state index in [0.717, 1.165) is 16.5 Å². The molecule has 0 fully saturated rings. The highest BCUT2D eigenvalue weighted by molar-refractivity contribution is 5.85. The van der Waals surface area contributed by atoms with Crippen molar-refractivity contribution >= 4 is 10.8 Å². The van der Waals surface area contributed by atoms with Gasteiger partial charge < -0.3 is 9.84 Å². The predicted molar refractivity (Wildman–Crippen MR) is 54.2 cm³/mol. The van der Waals surface area contributed by atoms with Gasteiger partial charge in [-0.05, 0) is 23.6 Å². The zero-order valence-corrected chi connectivity index (χ0v) is 7.90. The van der Waals surface area contributed by atoms with Crippen molar-refractivity contribution in [2.45, 2.75) is 6.61 Å². The number of methoxy groups -OCH3 is 1. The van der Waals surface area contributed by atoms with Gasteiger partial charge >= 0.3 is 0 Å². The van der Waals surface area contributed by atoms with E-state index in [9.17, 15) is 0 Å². The highest BCUT2D eigenvalue weighted by atomic mass is 16.5. The van der Waals surface area contributed by atoms with Crippen molar-refractivity contribution in [1.82, 2.24) is 4.98 Å². The number of aliphatic hydroxyl groups excluding tert-OH is 1. The molecule has 14 heavy (non-hydrogen) atoms. The molecule has 72 valence electrons. The van der Waals surface area contributed by atoms with Crippen molar-refractivity contribution in [3.8, 4) is 5.75 Å². The number of hydrogen-bond acceptors (Lipinski definition) is 3. The summed E-state index contributed by atoms with van der Waals surface area (Å²) < 4.78 is 5.11. The Labute approximate surface area is 82.0 Å². The van der Waals surface area contributed by atoms with Gasteiger partial charge in [0.25, 0.3) is 0 Å². The first-order chi connectivity index (χ1) is 6.85. The maximum atomic E-state index is 9.10. The summed E-state index contributed by atoms with van der Waals surface area (Å²) in [5.74, 6) is 0.778. The maximum absolute atomic E-state index is 9.10. The zero-order valence-electron chi connectivity index (χ0n) is 7.90. The van der Waals surface area contributed by atoms with Gasteiger partial charge in [-0.1, -0.05) is 6.07 Å². The largest absolute Gasteiger partial charge is 0.497 e. The number of benzene rings is 1. The molecule has 0 spiro atoms. The van der Waals surface area contributed by atoms with Crippen LogP contribution in [0.1, 0.15) is 5.69 Å². The fourth-order valence-corrected chi connectivity index (χ4v) is 1.46. The van der Waals surface area contributed by atoms with Crippen LogP contribution in [-0.2, 0) is 6.61 Å². The molecule has 0 amide bonds. The van der Waals surface area contributed by atoms with Crippen LogP contribution in [0.5, 0.6) is 5.75 Å². The van der Waals surface area contributed by atoms with E-state index in [2.05, 4.69) is 4.98 Å². The van der Waals surface area contributed by atoms with Gasteiger partial charge in [-0.15, -0.1) is 0 Å². The number of fused-ring (bicyclic) bond motifs is 1. The van der Waals surface area contributed by atoms with Crippen LogP contribution < -0.4 is 4.74 Å². The second kappa shape index (κ2) is 3.64. The Morgan fingerprint density at radius 1 is 1.36 bits per heavy atom. The number of aromatic nitrogens is 1. The second-order valence-corrected chi connectivity index (χ2v) is 3.00. The zero-order chi connectivity index (χ0) is 9.97. The fourth-order valence-electron chi connectivity index (χ4n) is 1.46. The number of nitrogens with zero attached hydrogens (tertiary/aromatic N) is 1. The molecule has 3 nitrogen and oxygen atoms in total. The third-order valence-electron chi connectivity index (χ3n) is 2.21. The molecule has 1 heterocycles. The lowest BCUT2D eigenvalue weighted by Crippen LogP contribution is -1.91. The molecule has 0 aliphatic rings. The molecular weight excluding hydrogens is 178 g/mol. The molecule has 0 aliphatic heterocycles. The summed E-state index contributed by atoms with van der Waals surface area (Å²) in [5.41, 5.74) is 0.682. The summed E-state index contributed by atoms with van der Waals surface area (Å²) in [5, 5.41) is 11.1. The molecule has 1 N–H and O–H groups in total. The molecular formula is C11H11NO2. The minimum absolute atomic E-state index is 0.0511. The standard InChI is InChI=1S/C11H11NO2/c1-14-9-3-2-8-4-5-12-11(7-13)10(8)6-9/h2-6,13H,7H2,1H3. The number of aliphatic hydroxyl groups is 1. The average molecular weight is 189 g/mol. The van der Waals surface area contributed by atoms with Gasteiger partial charge in [0.2, 0.25) is 0 Å². The van der Waals surface area contributed by atoms with Gasteiger partial charge in [-0.25, -0.2) is 0 Å². The fraction of sp³-hybridized carbons (Fsp3) is 0.182. The van der Waals surface area contributed by atoms with Gasteiger partial charge in [-0.2, -0.15) is 0 Å². The summed E-state index contributed by atoms with van der Waals surface area (Å²) in [7, 11) is 1.62. The first-order valence-electron chi connectivity index (χ1n) is 4.37. The van der Waals surface area contributed by atoms with Crippen LogP contribution in [0.2, 0.25) is 0 Å². The van der Waals surface area contributed by atoms with Crippen molar-refractivity contribution in [3.63, 3.8) is 0 Å². The quantitative estimate of drug-likeness (QED) is 0.782. The van der Waals surface area contributed by atoms with Crippen LogP contribution in [0.4, 0.5) is 0 Å². The van der Waals surface area contributed by atoms with Crippen LogP contribution in [-0.4, -0.2) is 17.2 Å². The molecule has 1 aromatic carbocycles. The lowest BCUT2D eigenvalue weighted by Gasteiger charge is -2.05. The minimum atomic E-state index is -0.0511. The van der Waals surface area contributed by atoms with Crippen LogP contribution in [0.15, 0.2) is 30.5 Å². The van der Waals surface area contributed by atoms with Crippen LogP contribution in [0.25, 0.3) is 10.8 Å². The second-order valence-electron chi connectivity index (χ2n) is 3.00. The first kappa shape index (κ1) is 8.97. The maximum Gasteiger partial charge on any atom is 0.119 e. The van der Waals surface area contributed by atoms with Crippen molar-refractivity contribution in [2.75, 3.05) is 7.11 Å². The topological polar surface area (TPSA) is 42.4 Å². The van der Waals surface area contributed by atoms with Gasteiger partial charge in [0.15, 0.2) is 0 Å². The number of hydrogen-bond donors (Lipinski definition) is 1. The van der Waals surface area contributed by atoms with Gasteiger partial charge in [0.1, 0.15) is 5.75 Å². The molecule has 2 aromatic rings. The van der Waals surface area contributed by atoms with Crippen molar-refractivity contribution in [1.29, 1.82) is 0 Å². The Balaban J connectivity index is 2.70. The smallest absolute Gasteiger partial charge is 0.119 e. The van der Waals surface area contributed by atoms with Crippen molar-refractivity contribution in [3.05, 3.63) is 36.2 Å². The average Bonchev–Trinajstić information content (AvgIpc) is 2.27. The Bertz CT molecular complexity index is 454. The SMILES string of the molecule is COc1ccc2ccnc(CO)c2c1. The molecule has 1 aromatic heterocycles. The lowest BCUT2D eigenvalue weighted by molar-refractivity contribution is 0.278. The molecule has 0 radical (unpaired) electrons. The van der Waals surface area contributed by atoms with Gasteiger partial charge in [-0.3, -0.25) is 4.98 Å². The summed E-state index contributed by atoms with van der Waals surface area (Å²) in [6, 6.07) is 7.64. The summed E-state index contributed by atoms with van der Waals surface area (Å²) in [6.07, 6.45) is 1.69. The van der Waals surface area contributed by atoms with Gasteiger partial charge in [0, 0.05) is 11.6 Å². The Morgan fingerprint density at radius 2 is 2.21 bits per heavy atom. The van der Waals surface area contributed by atoms with E-state index in [1.54, 1.807) is 13.3 Å². The third-order valence-corrected chi connectivity index (χ3v) is 2.21. The summed E-state index contributed by atoms with van der Waals surface area (Å²) in [6.45, 7) is -0.0511. The van der Waals surface area contributed by atoms with E-state index in [-0.39, 0.29) is 6.61 Å². The first-order valence-corrected chi connectivity index (χ1v) is 4.37. The molecule has 3 heteroatoms. The predicted octanol–water partition coefficient (Wildman–Crippen LogP) is 1.74. The molecule has 0 atom stereocenters. The highest BCUT2D eigenvalue weighted by Crippen LogP contribution is 2.22. The lowest BCUT2D eigenvalue weighted by atomic mass is 10.1. The van der Waals surface area contributed by atoms with Crippen LogP contribution >= 0.6 is 0 Å². The third kappa shape index (κ3) is 1.42. The van der Waals surface area contributed by atoms with E-state index in [0.29, 0.717) is 5.69 Å². The van der Waals surface area contributed by atoms with E-state index >= 15 is 0 Å². The molecule has 0 aliphatic carbocycles. The normalized spacial score (nSPS) is 10.4. The minimum Gasteiger partial charge on any atom is -0.497 e. The summed E-state index contributed by atoms with van der Waals surface area (Å²) in [4.78, 5) is 4.10. The van der Waals surface area contributed by atoms with E-state index in [1.807, 2.05) is 24.3 Å². The molecule has 0 saturated heterocycles. The van der Waals surface area contributed by atoms with Crippen molar-refractivity contribution < 1.29 is 9.84 Å². The Kier molecular flexibility index (Phi) is 2.33. The Hall–Kier alpha value is -1.61. The Morgan fingerprint density at radius 3 is 2.93 bits per heavy atom.